The van der Waals surface area contributed by atoms with Crippen LogP contribution < -0.4 is 5.56 Å². The second-order valence-electron chi connectivity index (χ2n) is 3.14. The summed E-state index contributed by atoms with van der Waals surface area (Å²) >= 11 is 0. The van der Waals surface area contributed by atoms with Crippen LogP contribution in [-0.4, -0.2) is 14.6 Å². The summed E-state index contributed by atoms with van der Waals surface area (Å²) in [7, 11) is 0. The van der Waals surface area contributed by atoms with E-state index in [-0.39, 0.29) is 5.56 Å². The van der Waals surface area contributed by atoms with Crippen molar-refractivity contribution >= 4 is 16.4 Å². The first-order chi connectivity index (χ1) is 6.86. The van der Waals surface area contributed by atoms with Gasteiger partial charge in [0, 0.05) is 11.7 Å². The average molecular weight is 185 g/mol. The van der Waals surface area contributed by atoms with Gasteiger partial charge in [0.25, 0.3) is 5.56 Å². The summed E-state index contributed by atoms with van der Waals surface area (Å²) in [6, 6.07) is 7.68. The van der Waals surface area contributed by atoms with Crippen molar-refractivity contribution in [2.75, 3.05) is 0 Å². The third-order valence-corrected chi connectivity index (χ3v) is 2.32. The van der Waals surface area contributed by atoms with E-state index in [2.05, 4.69) is 10.2 Å². The monoisotopic (exact) mass is 185 g/mol. The Balaban J connectivity index is 2.70. The SMILES string of the molecule is O=c1[nH]ncc2c1cc1ccccn12. The van der Waals surface area contributed by atoms with Crippen molar-refractivity contribution in [3.63, 3.8) is 0 Å². The number of aromatic nitrogens is 3. The van der Waals surface area contributed by atoms with Gasteiger partial charge in [0.2, 0.25) is 0 Å². The topological polar surface area (TPSA) is 50.2 Å². The Labute approximate surface area is 78.8 Å². The van der Waals surface area contributed by atoms with E-state index in [0.29, 0.717) is 5.39 Å². The molecule has 0 aromatic carbocycles. The van der Waals surface area contributed by atoms with Crippen LogP contribution in [0.4, 0.5) is 0 Å². The van der Waals surface area contributed by atoms with Gasteiger partial charge in [0.05, 0.1) is 17.1 Å². The number of nitrogens with one attached hydrogen (secondary N) is 1. The van der Waals surface area contributed by atoms with E-state index in [1.165, 1.54) is 0 Å². The third-order valence-electron chi connectivity index (χ3n) is 2.32. The molecule has 3 aromatic heterocycles. The van der Waals surface area contributed by atoms with E-state index in [1.54, 1.807) is 6.20 Å². The third kappa shape index (κ3) is 0.821. The molecule has 0 aliphatic heterocycles. The van der Waals surface area contributed by atoms with Crippen molar-refractivity contribution in [2.24, 2.45) is 0 Å². The standard InChI is InChI=1S/C10H7N3O/c14-10-8-5-7-3-1-2-4-13(7)9(8)6-11-12-10/h1-6H,(H,12,14). The lowest BCUT2D eigenvalue weighted by Gasteiger charge is -1.93. The molecule has 68 valence electrons. The molecule has 4 heteroatoms. The van der Waals surface area contributed by atoms with Gasteiger partial charge in [-0.05, 0) is 18.2 Å². The maximum absolute atomic E-state index is 11.4. The largest absolute Gasteiger partial charge is 0.315 e. The Hall–Kier alpha value is -2.10. The zero-order valence-electron chi connectivity index (χ0n) is 7.27. The zero-order chi connectivity index (χ0) is 9.54. The molecular formula is C10H7N3O. The highest BCUT2D eigenvalue weighted by atomic mass is 16.1. The number of pyridine rings is 1. The summed E-state index contributed by atoms with van der Waals surface area (Å²) in [5, 5.41) is 6.87. The molecule has 0 bridgehead atoms. The van der Waals surface area contributed by atoms with Crippen molar-refractivity contribution in [2.45, 2.75) is 0 Å². The van der Waals surface area contributed by atoms with E-state index in [9.17, 15) is 4.79 Å². The number of hydrogen-bond donors (Lipinski definition) is 1. The smallest absolute Gasteiger partial charge is 0.273 e. The van der Waals surface area contributed by atoms with Crippen LogP contribution in [0.5, 0.6) is 0 Å². The number of hydrogen-bond acceptors (Lipinski definition) is 2. The van der Waals surface area contributed by atoms with Crippen LogP contribution in [0.3, 0.4) is 0 Å². The molecule has 0 atom stereocenters. The highest BCUT2D eigenvalue weighted by Crippen LogP contribution is 2.14. The molecule has 0 aliphatic rings. The number of aromatic amines is 1. The van der Waals surface area contributed by atoms with E-state index in [1.807, 2.05) is 34.9 Å². The number of H-pyrrole nitrogens is 1. The molecular weight excluding hydrogens is 178 g/mol. The second-order valence-corrected chi connectivity index (χ2v) is 3.14. The molecule has 0 amide bonds. The minimum atomic E-state index is -0.147. The molecule has 1 N–H and O–H groups in total. The number of rotatable bonds is 0. The van der Waals surface area contributed by atoms with Gasteiger partial charge in [-0.3, -0.25) is 4.79 Å². The molecule has 0 unspecified atom stereocenters. The lowest BCUT2D eigenvalue weighted by atomic mass is 10.3. The molecule has 0 fully saturated rings. The lowest BCUT2D eigenvalue weighted by molar-refractivity contribution is 1.00. The Bertz CT molecular complexity index is 665. The molecule has 0 aliphatic carbocycles. The van der Waals surface area contributed by atoms with Crippen molar-refractivity contribution < 1.29 is 0 Å². The Morgan fingerprint density at radius 3 is 3.21 bits per heavy atom. The van der Waals surface area contributed by atoms with Gasteiger partial charge >= 0.3 is 0 Å². The molecule has 3 heterocycles. The van der Waals surface area contributed by atoms with E-state index in [0.717, 1.165) is 11.0 Å². The molecule has 0 saturated carbocycles. The van der Waals surface area contributed by atoms with Crippen LogP contribution in [0.25, 0.3) is 16.4 Å². The summed E-state index contributed by atoms with van der Waals surface area (Å²) in [6.07, 6.45) is 3.57. The quantitative estimate of drug-likeness (QED) is 0.571. The van der Waals surface area contributed by atoms with Crippen molar-refractivity contribution in [1.29, 1.82) is 0 Å². The van der Waals surface area contributed by atoms with E-state index < -0.39 is 0 Å². The van der Waals surface area contributed by atoms with Gasteiger partial charge in [0.15, 0.2) is 0 Å². The van der Waals surface area contributed by atoms with Crippen molar-refractivity contribution in [3.8, 4) is 0 Å². The summed E-state index contributed by atoms with van der Waals surface area (Å²) in [5.41, 5.74) is 1.69. The predicted molar refractivity (Wildman–Crippen MR) is 53.3 cm³/mol. The molecule has 3 aromatic rings. The first-order valence-corrected chi connectivity index (χ1v) is 4.30. The normalized spacial score (nSPS) is 11.1. The number of nitrogens with zero attached hydrogens (tertiary/aromatic N) is 2. The molecule has 3 rings (SSSR count). The molecule has 0 spiro atoms. The van der Waals surface area contributed by atoms with Crippen molar-refractivity contribution in [3.05, 3.63) is 47.0 Å². The average Bonchev–Trinajstić information content (AvgIpc) is 2.59. The minimum Gasteiger partial charge on any atom is -0.315 e. The fraction of sp³-hybridized carbons (Fsp3) is 0. The minimum absolute atomic E-state index is 0.147. The predicted octanol–water partition coefficient (Wildman–Crippen LogP) is 1.18. The Morgan fingerprint density at radius 2 is 2.29 bits per heavy atom. The maximum atomic E-state index is 11.4. The fourth-order valence-electron chi connectivity index (χ4n) is 1.67. The van der Waals surface area contributed by atoms with E-state index >= 15 is 0 Å². The summed E-state index contributed by atoms with van der Waals surface area (Å²) in [6.45, 7) is 0. The summed E-state index contributed by atoms with van der Waals surface area (Å²) in [4.78, 5) is 11.4. The molecule has 0 radical (unpaired) electrons. The Morgan fingerprint density at radius 1 is 1.36 bits per heavy atom. The van der Waals surface area contributed by atoms with Gasteiger partial charge in [-0.2, -0.15) is 5.10 Å². The zero-order valence-corrected chi connectivity index (χ0v) is 7.27. The first kappa shape index (κ1) is 7.32. The highest BCUT2D eigenvalue weighted by Gasteiger charge is 2.04. The van der Waals surface area contributed by atoms with Crippen LogP contribution in [-0.2, 0) is 0 Å². The van der Waals surface area contributed by atoms with Gasteiger partial charge in [-0.1, -0.05) is 6.07 Å². The molecule has 0 saturated heterocycles. The van der Waals surface area contributed by atoms with Crippen LogP contribution in [0, 0.1) is 0 Å². The first-order valence-electron chi connectivity index (χ1n) is 4.30. The summed E-state index contributed by atoms with van der Waals surface area (Å²) in [5.74, 6) is 0. The summed E-state index contributed by atoms with van der Waals surface area (Å²) < 4.78 is 1.94. The van der Waals surface area contributed by atoms with Crippen molar-refractivity contribution in [1.82, 2.24) is 14.6 Å². The van der Waals surface area contributed by atoms with Crippen LogP contribution in [0.15, 0.2) is 41.5 Å². The van der Waals surface area contributed by atoms with E-state index in [4.69, 9.17) is 0 Å². The Kier molecular flexibility index (Phi) is 1.28. The lowest BCUT2D eigenvalue weighted by Crippen LogP contribution is -2.06. The van der Waals surface area contributed by atoms with Gasteiger partial charge < -0.3 is 4.40 Å². The van der Waals surface area contributed by atoms with Crippen LogP contribution in [0.2, 0.25) is 0 Å². The van der Waals surface area contributed by atoms with Crippen LogP contribution in [0.1, 0.15) is 0 Å². The number of fused-ring (bicyclic) bond motifs is 3. The highest BCUT2D eigenvalue weighted by molar-refractivity contribution is 5.85. The van der Waals surface area contributed by atoms with Gasteiger partial charge in [0.1, 0.15) is 0 Å². The van der Waals surface area contributed by atoms with Crippen LogP contribution >= 0.6 is 0 Å². The maximum Gasteiger partial charge on any atom is 0.273 e. The van der Waals surface area contributed by atoms with Gasteiger partial charge in [-0.15, -0.1) is 0 Å². The molecule has 14 heavy (non-hydrogen) atoms. The van der Waals surface area contributed by atoms with Gasteiger partial charge in [-0.25, -0.2) is 5.10 Å². The molecule has 4 nitrogen and oxygen atoms in total. The fourth-order valence-corrected chi connectivity index (χ4v) is 1.67. The second kappa shape index (κ2) is 2.45.